The van der Waals surface area contributed by atoms with Gasteiger partial charge in [0.15, 0.2) is 4.80 Å². The molecule has 5 rings (SSSR count). The molecule has 0 aliphatic carbocycles. The van der Waals surface area contributed by atoms with Crippen molar-refractivity contribution in [3.8, 4) is 5.75 Å². The van der Waals surface area contributed by atoms with Gasteiger partial charge in [-0.1, -0.05) is 79.8 Å². The molecule has 1 aromatic heterocycles. The third kappa shape index (κ3) is 6.23. The number of allylic oxidation sites excluding steroid dienone is 1. The van der Waals surface area contributed by atoms with E-state index in [0.29, 0.717) is 38.5 Å². The fourth-order valence-electron chi connectivity index (χ4n) is 4.58. The fraction of sp³-hybridized carbons (Fsp3) is 0.219. The van der Waals surface area contributed by atoms with Gasteiger partial charge < -0.3 is 9.47 Å². The summed E-state index contributed by atoms with van der Waals surface area (Å²) < 4.78 is 13.4. The van der Waals surface area contributed by atoms with Crippen LogP contribution in [-0.2, 0) is 16.1 Å². The van der Waals surface area contributed by atoms with Crippen LogP contribution in [0, 0.1) is 16.0 Å². The SMILES string of the molecule is CC1=C(C(=O)OCC(C)C)C(c2ccc(OCc3ccccc3)cc2)n2c(s/c(=C\c3cccc([N+](=O)[O-])c3)c2=O)=N1. The minimum atomic E-state index is -0.781. The Morgan fingerprint density at radius 1 is 1.10 bits per heavy atom. The summed E-state index contributed by atoms with van der Waals surface area (Å²) in [5.74, 6) is 0.239. The highest BCUT2D eigenvalue weighted by Gasteiger charge is 2.33. The van der Waals surface area contributed by atoms with Crippen molar-refractivity contribution in [1.29, 1.82) is 0 Å². The van der Waals surface area contributed by atoms with Gasteiger partial charge in [0.1, 0.15) is 12.4 Å². The molecule has 214 valence electrons. The number of nitro groups is 1. The number of carbonyl (C=O) groups excluding carboxylic acids is 1. The summed E-state index contributed by atoms with van der Waals surface area (Å²) in [4.78, 5) is 43.0. The number of esters is 1. The quantitative estimate of drug-likeness (QED) is 0.157. The largest absolute Gasteiger partial charge is 0.489 e. The molecule has 0 amide bonds. The molecule has 9 nitrogen and oxygen atoms in total. The number of rotatable bonds is 9. The van der Waals surface area contributed by atoms with E-state index in [1.54, 1.807) is 25.1 Å². The summed E-state index contributed by atoms with van der Waals surface area (Å²) in [6.45, 7) is 6.25. The number of hydrogen-bond acceptors (Lipinski definition) is 8. The summed E-state index contributed by atoms with van der Waals surface area (Å²) >= 11 is 1.16. The maximum atomic E-state index is 13.8. The van der Waals surface area contributed by atoms with Gasteiger partial charge in [0.25, 0.3) is 11.2 Å². The van der Waals surface area contributed by atoms with E-state index in [0.717, 1.165) is 16.9 Å². The molecule has 4 aromatic rings. The van der Waals surface area contributed by atoms with Crippen molar-refractivity contribution in [2.24, 2.45) is 10.9 Å². The van der Waals surface area contributed by atoms with Crippen LogP contribution in [0.15, 0.2) is 99.9 Å². The topological polar surface area (TPSA) is 113 Å². The number of aromatic nitrogens is 1. The Kier molecular flexibility index (Phi) is 8.44. The highest BCUT2D eigenvalue weighted by Crippen LogP contribution is 2.32. The number of non-ortho nitro benzene ring substituents is 1. The van der Waals surface area contributed by atoms with Crippen molar-refractivity contribution in [3.63, 3.8) is 0 Å². The third-order valence-corrected chi connectivity index (χ3v) is 7.60. The zero-order valence-corrected chi connectivity index (χ0v) is 24.2. The lowest BCUT2D eigenvalue weighted by molar-refractivity contribution is -0.384. The smallest absolute Gasteiger partial charge is 0.338 e. The molecule has 0 saturated carbocycles. The first kappa shape index (κ1) is 28.7. The number of thiazole rings is 1. The lowest BCUT2D eigenvalue weighted by atomic mass is 9.96. The average molecular weight is 584 g/mol. The zero-order valence-electron chi connectivity index (χ0n) is 23.4. The van der Waals surface area contributed by atoms with Crippen molar-refractivity contribution < 1.29 is 19.2 Å². The summed E-state index contributed by atoms with van der Waals surface area (Å²) in [5, 5.41) is 11.3. The molecular weight excluding hydrogens is 554 g/mol. The van der Waals surface area contributed by atoms with E-state index in [1.165, 1.54) is 16.7 Å². The van der Waals surface area contributed by atoms with Gasteiger partial charge in [-0.2, -0.15) is 0 Å². The molecule has 0 radical (unpaired) electrons. The van der Waals surface area contributed by atoms with E-state index in [-0.39, 0.29) is 29.3 Å². The molecule has 3 aromatic carbocycles. The Bertz CT molecular complexity index is 1840. The van der Waals surface area contributed by atoms with Crippen LogP contribution in [0.1, 0.15) is 43.5 Å². The van der Waals surface area contributed by atoms with Crippen molar-refractivity contribution in [2.75, 3.05) is 6.61 Å². The Labute approximate surface area is 245 Å². The molecule has 42 heavy (non-hydrogen) atoms. The molecule has 0 bridgehead atoms. The predicted molar refractivity (Wildman–Crippen MR) is 160 cm³/mol. The first-order valence-corrected chi connectivity index (χ1v) is 14.2. The van der Waals surface area contributed by atoms with Crippen LogP contribution >= 0.6 is 11.3 Å². The van der Waals surface area contributed by atoms with Crippen LogP contribution < -0.4 is 19.6 Å². The van der Waals surface area contributed by atoms with E-state index in [1.807, 2.05) is 68.4 Å². The molecule has 1 aliphatic rings. The molecule has 1 aliphatic heterocycles. The van der Waals surface area contributed by atoms with Crippen LogP contribution in [0.2, 0.25) is 0 Å². The van der Waals surface area contributed by atoms with Crippen molar-refractivity contribution >= 4 is 29.1 Å². The lowest BCUT2D eigenvalue weighted by Gasteiger charge is -2.25. The van der Waals surface area contributed by atoms with Crippen LogP contribution in [0.3, 0.4) is 0 Å². The van der Waals surface area contributed by atoms with Gasteiger partial charge in [0.2, 0.25) is 0 Å². The Balaban J connectivity index is 1.56. The van der Waals surface area contributed by atoms with Crippen LogP contribution in [-0.4, -0.2) is 22.1 Å². The van der Waals surface area contributed by atoms with Crippen LogP contribution in [0.5, 0.6) is 5.75 Å². The Morgan fingerprint density at radius 3 is 2.52 bits per heavy atom. The van der Waals surface area contributed by atoms with E-state index >= 15 is 0 Å². The Hall–Kier alpha value is -4.83. The first-order chi connectivity index (χ1) is 20.2. The van der Waals surface area contributed by atoms with Crippen LogP contribution in [0.25, 0.3) is 6.08 Å². The molecule has 1 unspecified atom stereocenters. The number of benzene rings is 3. The fourth-order valence-corrected chi connectivity index (χ4v) is 5.63. The number of hydrogen-bond donors (Lipinski definition) is 0. The second-order valence-electron chi connectivity index (χ2n) is 10.3. The van der Waals surface area contributed by atoms with E-state index < -0.39 is 16.9 Å². The predicted octanol–water partition coefficient (Wildman–Crippen LogP) is 4.92. The van der Waals surface area contributed by atoms with Crippen molar-refractivity contribution in [1.82, 2.24) is 4.57 Å². The summed E-state index contributed by atoms with van der Waals surface area (Å²) in [6, 6.07) is 22.4. The van der Waals surface area contributed by atoms with Gasteiger partial charge in [0.05, 0.1) is 33.4 Å². The lowest BCUT2D eigenvalue weighted by Crippen LogP contribution is -2.40. The molecule has 0 spiro atoms. The standard InChI is InChI=1S/C32H29N3O6S/c1-20(2)18-41-31(37)28-21(3)33-32-34(30(36)27(42-32)17-23-10-7-11-25(16-23)35(38)39)29(28)24-12-14-26(15-13-24)40-19-22-8-5-4-6-9-22/h4-17,20,29H,18-19H2,1-3H3/b27-17-. The normalized spacial score (nSPS) is 14.9. The number of ether oxygens (including phenoxy) is 2. The summed E-state index contributed by atoms with van der Waals surface area (Å²) in [6.07, 6.45) is 1.60. The van der Waals surface area contributed by atoms with E-state index in [4.69, 9.17) is 9.47 Å². The molecule has 10 heteroatoms. The summed E-state index contributed by atoms with van der Waals surface area (Å²) in [7, 11) is 0. The Morgan fingerprint density at radius 2 is 1.83 bits per heavy atom. The highest BCUT2D eigenvalue weighted by molar-refractivity contribution is 7.07. The van der Waals surface area contributed by atoms with E-state index in [2.05, 4.69) is 4.99 Å². The number of fused-ring (bicyclic) bond motifs is 1. The molecule has 2 heterocycles. The van der Waals surface area contributed by atoms with Gasteiger partial charge in [-0.25, -0.2) is 9.79 Å². The minimum Gasteiger partial charge on any atom is -0.489 e. The van der Waals surface area contributed by atoms with Gasteiger partial charge in [-0.05, 0) is 47.7 Å². The molecule has 0 fully saturated rings. The van der Waals surface area contributed by atoms with Gasteiger partial charge in [0, 0.05) is 12.1 Å². The minimum absolute atomic E-state index is 0.0741. The molecule has 1 atom stereocenters. The second kappa shape index (κ2) is 12.4. The first-order valence-electron chi connectivity index (χ1n) is 13.4. The summed E-state index contributed by atoms with van der Waals surface area (Å²) in [5.41, 5.74) is 2.54. The molecule has 0 N–H and O–H groups in total. The van der Waals surface area contributed by atoms with Gasteiger partial charge in [-0.3, -0.25) is 19.5 Å². The van der Waals surface area contributed by atoms with Crippen molar-refractivity contribution in [3.05, 3.63) is 137 Å². The number of carbonyl (C=O) groups is 1. The molecule has 0 saturated heterocycles. The number of nitro benzene ring substituents is 1. The average Bonchev–Trinajstić information content (AvgIpc) is 3.28. The van der Waals surface area contributed by atoms with Gasteiger partial charge >= 0.3 is 5.97 Å². The van der Waals surface area contributed by atoms with Crippen LogP contribution in [0.4, 0.5) is 5.69 Å². The van der Waals surface area contributed by atoms with Gasteiger partial charge in [-0.15, -0.1) is 0 Å². The highest BCUT2D eigenvalue weighted by atomic mass is 32.1. The second-order valence-corrected chi connectivity index (χ2v) is 11.3. The zero-order chi connectivity index (χ0) is 29.8. The van der Waals surface area contributed by atoms with E-state index in [9.17, 15) is 19.7 Å². The maximum absolute atomic E-state index is 13.8. The number of nitrogens with zero attached hydrogens (tertiary/aromatic N) is 3. The molecular formula is C32H29N3O6S. The third-order valence-electron chi connectivity index (χ3n) is 6.61. The van der Waals surface area contributed by atoms with Crippen molar-refractivity contribution in [2.45, 2.75) is 33.4 Å². The maximum Gasteiger partial charge on any atom is 0.338 e. The monoisotopic (exact) mass is 583 g/mol.